The van der Waals surface area contributed by atoms with Crippen LogP contribution in [-0.2, 0) is 14.8 Å². The maximum atomic E-state index is 12.5. The SMILES string of the molecule is N#C/C(=C\c1ccc(Oc2ccccc2Cl)c([N+](=O)[O-])c1)C(=O)Nc1ccc(S(N)(=O)=O)cc1. The predicted octanol–water partition coefficient (Wildman–Crippen LogP) is 4.23. The van der Waals surface area contributed by atoms with Gasteiger partial charge in [0.1, 0.15) is 17.4 Å². The van der Waals surface area contributed by atoms with Crippen molar-refractivity contribution in [3.8, 4) is 17.6 Å². The van der Waals surface area contributed by atoms with E-state index in [1.807, 2.05) is 0 Å². The highest BCUT2D eigenvalue weighted by Crippen LogP contribution is 2.35. The van der Waals surface area contributed by atoms with Crippen LogP contribution in [-0.4, -0.2) is 19.2 Å². The Balaban J connectivity index is 1.85. The number of nitro groups is 1. The number of hydrogen-bond acceptors (Lipinski definition) is 7. The van der Waals surface area contributed by atoms with Crippen LogP contribution in [0.2, 0.25) is 5.02 Å². The largest absolute Gasteiger partial charge is 0.449 e. The van der Waals surface area contributed by atoms with Crippen LogP contribution < -0.4 is 15.2 Å². The molecule has 3 aromatic rings. The van der Waals surface area contributed by atoms with Crippen molar-refractivity contribution in [3.63, 3.8) is 0 Å². The lowest BCUT2D eigenvalue weighted by Gasteiger charge is -2.09. The molecule has 0 heterocycles. The van der Waals surface area contributed by atoms with Crippen LogP contribution in [0.4, 0.5) is 11.4 Å². The third-order valence-corrected chi connectivity index (χ3v) is 5.59. The first-order valence-corrected chi connectivity index (χ1v) is 11.3. The van der Waals surface area contributed by atoms with Crippen LogP contribution in [0.25, 0.3) is 6.08 Å². The molecule has 0 spiro atoms. The van der Waals surface area contributed by atoms with Crippen LogP contribution in [0.15, 0.2) is 77.2 Å². The lowest BCUT2D eigenvalue weighted by Crippen LogP contribution is -2.14. The maximum absolute atomic E-state index is 12.5. The van der Waals surface area contributed by atoms with Gasteiger partial charge in [0.05, 0.1) is 14.8 Å². The molecule has 0 aliphatic heterocycles. The highest BCUT2D eigenvalue weighted by molar-refractivity contribution is 7.89. The Morgan fingerprint density at radius 1 is 1.12 bits per heavy atom. The number of primary sulfonamides is 1. The van der Waals surface area contributed by atoms with E-state index in [1.165, 1.54) is 42.5 Å². The van der Waals surface area contributed by atoms with Crippen LogP contribution in [0.5, 0.6) is 11.5 Å². The van der Waals surface area contributed by atoms with E-state index in [0.717, 1.165) is 6.07 Å². The van der Waals surface area contributed by atoms with Crippen molar-refractivity contribution in [1.29, 1.82) is 5.26 Å². The van der Waals surface area contributed by atoms with Crippen molar-refractivity contribution in [1.82, 2.24) is 0 Å². The molecule has 0 fully saturated rings. The van der Waals surface area contributed by atoms with E-state index >= 15 is 0 Å². The number of anilines is 1. The molecule has 12 heteroatoms. The summed E-state index contributed by atoms with van der Waals surface area (Å²) in [6, 6.07) is 17.1. The molecule has 1 amide bonds. The molecule has 0 unspecified atom stereocenters. The van der Waals surface area contributed by atoms with Crippen LogP contribution in [0.1, 0.15) is 5.56 Å². The first-order chi connectivity index (χ1) is 16.1. The number of nitrogens with one attached hydrogen (secondary N) is 1. The number of ether oxygens (including phenoxy) is 1. The van der Waals surface area contributed by atoms with Gasteiger partial charge < -0.3 is 10.1 Å². The first-order valence-electron chi connectivity index (χ1n) is 9.35. The fraction of sp³-hybridized carbons (Fsp3) is 0. The lowest BCUT2D eigenvalue weighted by molar-refractivity contribution is -0.385. The van der Waals surface area contributed by atoms with Crippen molar-refractivity contribution in [2.24, 2.45) is 5.14 Å². The summed E-state index contributed by atoms with van der Waals surface area (Å²) >= 11 is 6.04. The summed E-state index contributed by atoms with van der Waals surface area (Å²) < 4.78 is 28.2. The van der Waals surface area contributed by atoms with Gasteiger partial charge in [0.25, 0.3) is 5.91 Å². The van der Waals surface area contributed by atoms with E-state index in [0.29, 0.717) is 0 Å². The Kier molecular flexibility index (Phi) is 7.28. The summed E-state index contributed by atoms with van der Waals surface area (Å²) in [5.74, 6) is -0.654. The highest BCUT2D eigenvalue weighted by Gasteiger charge is 2.18. The van der Waals surface area contributed by atoms with E-state index in [2.05, 4.69) is 5.32 Å². The molecule has 0 aliphatic carbocycles. The number of hydrogen-bond donors (Lipinski definition) is 2. The summed E-state index contributed by atoms with van der Waals surface area (Å²) in [6.45, 7) is 0. The van der Waals surface area contributed by atoms with Crippen molar-refractivity contribution in [2.75, 3.05) is 5.32 Å². The Morgan fingerprint density at radius 2 is 1.79 bits per heavy atom. The number of sulfonamides is 1. The molecule has 34 heavy (non-hydrogen) atoms. The maximum Gasteiger partial charge on any atom is 0.312 e. The molecule has 0 saturated heterocycles. The monoisotopic (exact) mass is 498 g/mol. The van der Waals surface area contributed by atoms with Gasteiger partial charge in [-0.3, -0.25) is 14.9 Å². The Labute approximate surface area is 199 Å². The number of nitrogens with zero attached hydrogens (tertiary/aromatic N) is 2. The molecule has 0 atom stereocenters. The molecule has 3 rings (SSSR count). The smallest absolute Gasteiger partial charge is 0.312 e. The number of benzene rings is 3. The van der Waals surface area contributed by atoms with E-state index < -0.39 is 26.5 Å². The normalized spacial score (nSPS) is 11.4. The zero-order chi connectivity index (χ0) is 24.9. The average Bonchev–Trinajstić information content (AvgIpc) is 2.79. The summed E-state index contributed by atoms with van der Waals surface area (Å²) in [4.78, 5) is 23.2. The minimum Gasteiger partial charge on any atom is -0.449 e. The zero-order valence-corrected chi connectivity index (χ0v) is 18.7. The number of halogens is 1. The van der Waals surface area contributed by atoms with Gasteiger partial charge in [0.2, 0.25) is 15.8 Å². The van der Waals surface area contributed by atoms with E-state index in [1.54, 1.807) is 30.3 Å². The summed E-state index contributed by atoms with van der Waals surface area (Å²) in [5, 5.41) is 28.7. The quantitative estimate of drug-likeness (QED) is 0.213. The van der Waals surface area contributed by atoms with Gasteiger partial charge in [-0.1, -0.05) is 29.8 Å². The third kappa shape index (κ3) is 5.96. The van der Waals surface area contributed by atoms with Crippen molar-refractivity contribution >= 4 is 45.0 Å². The molecule has 3 aromatic carbocycles. The van der Waals surface area contributed by atoms with Crippen molar-refractivity contribution in [2.45, 2.75) is 4.90 Å². The zero-order valence-electron chi connectivity index (χ0n) is 17.1. The standard InChI is InChI=1S/C22H15ClN4O6S/c23-18-3-1-2-4-20(18)33-21-10-5-14(12-19(21)27(29)30)11-15(13-24)22(28)26-16-6-8-17(9-7-16)34(25,31)32/h1-12H,(H,26,28)(H2,25,31,32)/b15-11+. The Hall–Kier alpha value is -4.24. The van der Waals surface area contributed by atoms with Crippen LogP contribution in [0, 0.1) is 21.4 Å². The van der Waals surface area contributed by atoms with Gasteiger partial charge in [0.15, 0.2) is 0 Å². The second-order valence-corrected chi connectivity index (χ2v) is 8.68. The van der Waals surface area contributed by atoms with Gasteiger partial charge in [0, 0.05) is 11.8 Å². The topological polar surface area (TPSA) is 165 Å². The molecule has 172 valence electrons. The first kappa shape index (κ1) is 24.4. The van der Waals surface area contributed by atoms with Crippen LogP contribution >= 0.6 is 11.6 Å². The summed E-state index contributed by atoms with van der Waals surface area (Å²) in [5.41, 5.74) is -0.322. The molecule has 3 N–H and O–H groups in total. The van der Waals surface area contributed by atoms with Crippen LogP contribution in [0.3, 0.4) is 0 Å². The Bertz CT molecular complexity index is 1450. The average molecular weight is 499 g/mol. The third-order valence-electron chi connectivity index (χ3n) is 4.35. The number of nitro benzene ring substituents is 1. The fourth-order valence-electron chi connectivity index (χ4n) is 2.74. The second kappa shape index (κ2) is 10.1. The second-order valence-electron chi connectivity index (χ2n) is 6.71. The number of nitriles is 1. The molecule has 10 nitrogen and oxygen atoms in total. The molecule has 0 saturated carbocycles. The summed E-state index contributed by atoms with van der Waals surface area (Å²) in [7, 11) is -3.90. The predicted molar refractivity (Wildman–Crippen MR) is 125 cm³/mol. The number of carbonyl (C=O) groups excluding carboxylic acids is 1. The van der Waals surface area contributed by atoms with Gasteiger partial charge in [-0.2, -0.15) is 5.26 Å². The van der Waals surface area contributed by atoms with Gasteiger partial charge in [-0.15, -0.1) is 0 Å². The number of nitrogens with two attached hydrogens (primary N) is 1. The number of carbonyl (C=O) groups is 1. The molecular formula is C22H15ClN4O6S. The molecule has 0 radical (unpaired) electrons. The lowest BCUT2D eigenvalue weighted by atomic mass is 10.1. The molecule has 0 aromatic heterocycles. The fourth-order valence-corrected chi connectivity index (χ4v) is 3.43. The Morgan fingerprint density at radius 3 is 2.38 bits per heavy atom. The van der Waals surface area contributed by atoms with Crippen molar-refractivity contribution in [3.05, 3.63) is 93.0 Å². The number of amides is 1. The molecule has 0 aliphatic rings. The van der Waals surface area contributed by atoms with Gasteiger partial charge in [-0.25, -0.2) is 13.6 Å². The number of rotatable bonds is 7. The van der Waals surface area contributed by atoms with Crippen molar-refractivity contribution < 1.29 is 22.9 Å². The van der Waals surface area contributed by atoms with E-state index in [9.17, 15) is 28.6 Å². The minimum absolute atomic E-state index is 0.0758. The summed E-state index contributed by atoms with van der Waals surface area (Å²) in [6.07, 6.45) is 1.17. The minimum atomic E-state index is -3.90. The van der Waals surface area contributed by atoms with E-state index in [4.69, 9.17) is 21.5 Å². The van der Waals surface area contributed by atoms with Gasteiger partial charge >= 0.3 is 5.69 Å². The van der Waals surface area contributed by atoms with Gasteiger partial charge in [-0.05, 0) is 54.1 Å². The highest BCUT2D eigenvalue weighted by atomic mass is 35.5. The van der Waals surface area contributed by atoms with E-state index in [-0.39, 0.29) is 38.2 Å². The molecular weight excluding hydrogens is 484 g/mol. The molecule has 0 bridgehead atoms. The number of para-hydroxylation sites is 1.